The summed E-state index contributed by atoms with van der Waals surface area (Å²) >= 11 is 0. The molecule has 0 spiro atoms. The average molecular weight is 339 g/mol. The van der Waals surface area contributed by atoms with E-state index in [9.17, 15) is 14.9 Å². The first-order valence-electron chi connectivity index (χ1n) is 7.60. The van der Waals surface area contributed by atoms with Crippen molar-refractivity contribution in [3.63, 3.8) is 0 Å². The third-order valence-electron chi connectivity index (χ3n) is 4.32. The Morgan fingerprint density at radius 3 is 2.52 bits per heavy atom. The first-order chi connectivity index (χ1) is 12.1. The van der Waals surface area contributed by atoms with Crippen molar-refractivity contribution in [1.29, 1.82) is 0 Å². The van der Waals surface area contributed by atoms with E-state index in [1.54, 1.807) is 48.5 Å². The SMILES string of the molecule is COc1ccc([C@@H]2c3c(c4ccccc4oc3=O)O[C@H]2[N+](=O)[O-])cc1. The van der Waals surface area contributed by atoms with Gasteiger partial charge >= 0.3 is 11.9 Å². The van der Waals surface area contributed by atoms with E-state index >= 15 is 0 Å². The van der Waals surface area contributed by atoms with E-state index in [2.05, 4.69) is 0 Å². The van der Waals surface area contributed by atoms with Gasteiger partial charge in [0.15, 0.2) is 0 Å². The monoisotopic (exact) mass is 339 g/mol. The maximum Gasteiger partial charge on any atom is 0.365 e. The Hall–Kier alpha value is -3.35. The van der Waals surface area contributed by atoms with Crippen molar-refractivity contribution in [2.24, 2.45) is 0 Å². The summed E-state index contributed by atoms with van der Waals surface area (Å²) in [5.41, 5.74) is 0.469. The summed E-state index contributed by atoms with van der Waals surface area (Å²) in [7, 11) is 1.53. The van der Waals surface area contributed by atoms with Crippen LogP contribution in [0, 0.1) is 10.1 Å². The number of nitro groups is 1. The molecule has 1 aliphatic rings. The van der Waals surface area contributed by atoms with E-state index in [4.69, 9.17) is 13.9 Å². The van der Waals surface area contributed by atoms with Crippen molar-refractivity contribution in [3.8, 4) is 11.5 Å². The molecular weight excluding hydrogens is 326 g/mol. The van der Waals surface area contributed by atoms with Crippen LogP contribution in [-0.2, 0) is 0 Å². The molecular formula is C18H13NO6. The Balaban J connectivity index is 1.96. The normalized spacial score (nSPS) is 18.6. The number of para-hydroxylation sites is 1. The fraction of sp³-hybridized carbons (Fsp3) is 0.167. The fourth-order valence-corrected chi connectivity index (χ4v) is 3.17. The van der Waals surface area contributed by atoms with E-state index in [0.717, 1.165) is 0 Å². The summed E-state index contributed by atoms with van der Waals surface area (Å²) in [6.07, 6.45) is -1.39. The zero-order valence-corrected chi connectivity index (χ0v) is 13.2. The van der Waals surface area contributed by atoms with Gasteiger partial charge in [-0.3, -0.25) is 10.1 Å². The smallest absolute Gasteiger partial charge is 0.365 e. The highest BCUT2D eigenvalue weighted by Gasteiger charge is 2.47. The van der Waals surface area contributed by atoms with Crippen LogP contribution in [-0.4, -0.2) is 18.3 Å². The number of fused-ring (bicyclic) bond motifs is 3. The lowest BCUT2D eigenvalue weighted by Gasteiger charge is -2.12. The second kappa shape index (κ2) is 5.62. The van der Waals surface area contributed by atoms with E-state index in [1.165, 1.54) is 7.11 Å². The van der Waals surface area contributed by atoms with Gasteiger partial charge in [0.25, 0.3) is 0 Å². The molecule has 7 heteroatoms. The zero-order chi connectivity index (χ0) is 17.6. The third-order valence-corrected chi connectivity index (χ3v) is 4.32. The van der Waals surface area contributed by atoms with Crippen molar-refractivity contribution in [2.75, 3.05) is 7.11 Å². The van der Waals surface area contributed by atoms with Crippen LogP contribution < -0.4 is 15.1 Å². The maximum atomic E-state index is 12.5. The van der Waals surface area contributed by atoms with Crippen molar-refractivity contribution in [3.05, 3.63) is 80.2 Å². The lowest BCUT2D eigenvalue weighted by atomic mass is 9.91. The topological polar surface area (TPSA) is 91.8 Å². The number of nitrogens with zero attached hydrogens (tertiary/aromatic N) is 1. The molecule has 0 radical (unpaired) electrons. The molecule has 0 saturated carbocycles. The van der Waals surface area contributed by atoms with Gasteiger partial charge in [-0.25, -0.2) is 4.79 Å². The highest BCUT2D eigenvalue weighted by Crippen LogP contribution is 2.44. The third kappa shape index (κ3) is 2.32. The van der Waals surface area contributed by atoms with Gasteiger partial charge in [-0.15, -0.1) is 0 Å². The van der Waals surface area contributed by atoms with E-state index in [1.807, 2.05) is 0 Å². The van der Waals surface area contributed by atoms with Crippen LogP contribution in [0.4, 0.5) is 0 Å². The van der Waals surface area contributed by atoms with Crippen molar-refractivity contribution in [1.82, 2.24) is 0 Å². The molecule has 1 aliphatic heterocycles. The first kappa shape index (κ1) is 15.2. The van der Waals surface area contributed by atoms with Crippen LogP contribution in [0.15, 0.2) is 57.7 Å². The van der Waals surface area contributed by atoms with E-state index in [0.29, 0.717) is 22.3 Å². The number of hydrogen-bond donors (Lipinski definition) is 0. The number of hydrogen-bond acceptors (Lipinski definition) is 6. The molecule has 0 amide bonds. The Morgan fingerprint density at radius 1 is 1.12 bits per heavy atom. The molecule has 126 valence electrons. The predicted molar refractivity (Wildman–Crippen MR) is 88.7 cm³/mol. The lowest BCUT2D eigenvalue weighted by molar-refractivity contribution is -0.561. The highest BCUT2D eigenvalue weighted by atomic mass is 16.7. The number of methoxy groups -OCH3 is 1. The fourth-order valence-electron chi connectivity index (χ4n) is 3.17. The van der Waals surface area contributed by atoms with Crippen LogP contribution in [0.1, 0.15) is 17.0 Å². The van der Waals surface area contributed by atoms with Crippen molar-refractivity contribution in [2.45, 2.75) is 12.1 Å². The summed E-state index contributed by atoms with van der Waals surface area (Å²) in [5, 5.41) is 12.1. The van der Waals surface area contributed by atoms with Gasteiger partial charge in [-0.2, -0.15) is 0 Å². The molecule has 25 heavy (non-hydrogen) atoms. The Morgan fingerprint density at radius 2 is 1.84 bits per heavy atom. The molecule has 0 aliphatic carbocycles. The molecule has 7 nitrogen and oxygen atoms in total. The summed E-state index contributed by atoms with van der Waals surface area (Å²) in [6.45, 7) is 0. The molecule has 0 saturated heterocycles. The minimum absolute atomic E-state index is 0.172. The molecule has 3 aromatic rings. The molecule has 0 unspecified atom stereocenters. The molecule has 0 N–H and O–H groups in total. The Kier molecular flexibility index (Phi) is 3.42. The lowest BCUT2D eigenvalue weighted by Crippen LogP contribution is -2.29. The molecule has 2 aromatic carbocycles. The minimum Gasteiger partial charge on any atom is -0.497 e. The standard InChI is InChI=1S/C18H13NO6/c1-23-11-8-6-10(7-9-11)14-15-16(25-17(14)19(21)22)12-4-2-3-5-13(12)24-18(15)20/h2-9,14,17H,1H3/t14-,17-/m1/s1. The average Bonchev–Trinajstić information content (AvgIpc) is 3.04. The van der Waals surface area contributed by atoms with Crippen LogP contribution in [0.25, 0.3) is 11.0 Å². The Bertz CT molecular complexity index is 1020. The summed E-state index contributed by atoms with van der Waals surface area (Å²) in [5.74, 6) is -0.0165. The van der Waals surface area contributed by atoms with Gasteiger partial charge in [0.05, 0.1) is 23.0 Å². The summed E-state index contributed by atoms with van der Waals surface area (Å²) < 4.78 is 16.1. The summed E-state index contributed by atoms with van der Waals surface area (Å²) in [4.78, 5) is 23.5. The highest BCUT2D eigenvalue weighted by molar-refractivity contribution is 5.85. The second-order valence-electron chi connectivity index (χ2n) is 5.67. The largest absolute Gasteiger partial charge is 0.497 e. The van der Waals surface area contributed by atoms with Gasteiger partial charge in [0.1, 0.15) is 23.0 Å². The van der Waals surface area contributed by atoms with Crippen LogP contribution in [0.3, 0.4) is 0 Å². The van der Waals surface area contributed by atoms with Crippen LogP contribution >= 0.6 is 0 Å². The number of rotatable bonds is 3. The van der Waals surface area contributed by atoms with Crippen LogP contribution in [0.2, 0.25) is 0 Å². The maximum absolute atomic E-state index is 12.5. The van der Waals surface area contributed by atoms with Crippen molar-refractivity contribution < 1.29 is 18.8 Å². The van der Waals surface area contributed by atoms with Gasteiger partial charge in [-0.05, 0) is 29.8 Å². The quantitative estimate of drug-likeness (QED) is 0.414. The van der Waals surface area contributed by atoms with E-state index in [-0.39, 0.29) is 11.3 Å². The zero-order valence-electron chi connectivity index (χ0n) is 13.2. The van der Waals surface area contributed by atoms with Gasteiger partial charge in [0, 0.05) is 0 Å². The molecule has 1 aromatic heterocycles. The van der Waals surface area contributed by atoms with E-state index < -0.39 is 22.7 Å². The first-order valence-corrected chi connectivity index (χ1v) is 7.60. The molecule has 0 fully saturated rings. The van der Waals surface area contributed by atoms with Crippen LogP contribution in [0.5, 0.6) is 11.5 Å². The molecule has 0 bridgehead atoms. The molecule has 2 heterocycles. The van der Waals surface area contributed by atoms with Gasteiger partial charge in [-0.1, -0.05) is 24.3 Å². The van der Waals surface area contributed by atoms with Gasteiger partial charge in [0.2, 0.25) is 0 Å². The molecule has 4 rings (SSSR count). The predicted octanol–water partition coefficient (Wildman–Crippen LogP) is 2.93. The minimum atomic E-state index is -1.39. The summed E-state index contributed by atoms with van der Waals surface area (Å²) in [6, 6.07) is 13.6. The molecule has 2 atom stereocenters. The van der Waals surface area contributed by atoms with Gasteiger partial charge < -0.3 is 13.9 Å². The Labute approximate surface area is 141 Å². The van der Waals surface area contributed by atoms with Crippen molar-refractivity contribution >= 4 is 11.0 Å². The second-order valence-corrected chi connectivity index (χ2v) is 5.67. The number of benzene rings is 2. The number of ether oxygens (including phenoxy) is 2.